The van der Waals surface area contributed by atoms with Crippen molar-refractivity contribution in [3.8, 4) is 0 Å². The molecule has 41 valence electrons. The Balaban J connectivity index is -0.0000000450. The Bertz CT molecular complexity index is 31.8. The first-order valence-electron chi connectivity index (χ1n) is 0.548. The molecule has 0 unspecified atom stereocenters. The third kappa shape index (κ3) is 257. The fraction of sp³-hybridized carbons (Fsp3) is 0. The summed E-state index contributed by atoms with van der Waals surface area (Å²) in [6.45, 7) is 0. The minimum absolute atomic E-state index is 0. The van der Waals surface area contributed by atoms with Crippen LogP contribution in [0.5, 0.6) is 0 Å². The maximum atomic E-state index is 8.25. The van der Waals surface area contributed by atoms with Crippen molar-refractivity contribution in [1.82, 2.24) is 6.15 Å². The van der Waals surface area contributed by atoms with Crippen molar-refractivity contribution in [2.45, 2.75) is 0 Å². The fourth-order valence-electron chi connectivity index (χ4n) is 0. The van der Waals surface area contributed by atoms with Crippen molar-refractivity contribution in [3.05, 3.63) is 15.3 Å². The molecule has 0 aromatic carbocycles. The van der Waals surface area contributed by atoms with Gasteiger partial charge >= 0.3 is 17.1 Å². The third-order valence-electron chi connectivity index (χ3n) is 0. The summed E-state index contributed by atoms with van der Waals surface area (Å²) in [5.74, 6) is 0. The maximum Gasteiger partial charge on any atom is 2.00 e. The van der Waals surface area contributed by atoms with Gasteiger partial charge in [0.2, 0.25) is 0 Å². The second-order valence-electron chi connectivity index (χ2n) is 0.224. The van der Waals surface area contributed by atoms with Crippen LogP contribution in [0.2, 0.25) is 0 Å². The van der Waals surface area contributed by atoms with E-state index in [1.165, 1.54) is 0 Å². The van der Waals surface area contributed by atoms with E-state index in [0.717, 1.165) is 0 Å². The first-order valence-corrected chi connectivity index (χ1v) is 0.548. The van der Waals surface area contributed by atoms with Crippen molar-refractivity contribution >= 4 is 0 Å². The monoisotopic (exact) mass is 142 g/mol. The minimum Gasteiger partial charge on any atom is -0.356 e. The molecule has 0 saturated carbocycles. The number of hydrogen-bond acceptors (Lipinski definition) is 4. The average Bonchev–Trinajstić information content (AvgIpc) is 0.811. The van der Waals surface area contributed by atoms with Gasteiger partial charge in [-0.05, 0) is 0 Å². The van der Waals surface area contributed by atoms with Crippen LogP contribution in [0.25, 0.3) is 0 Å². The van der Waals surface area contributed by atoms with E-state index in [0.29, 0.717) is 0 Å². The third-order valence-corrected chi connectivity index (χ3v) is 0. The van der Waals surface area contributed by atoms with E-state index in [1.807, 2.05) is 0 Å². The van der Waals surface area contributed by atoms with E-state index < -0.39 is 5.09 Å². The van der Waals surface area contributed by atoms with Gasteiger partial charge < -0.3 is 21.5 Å². The normalized spacial score (nSPS) is 4.00. The molecule has 0 aromatic rings. The first-order chi connectivity index (χ1) is 1.73. The molecule has 5 nitrogen and oxygen atoms in total. The number of rotatable bonds is 0. The van der Waals surface area contributed by atoms with Gasteiger partial charge in [0.05, 0.1) is 5.09 Å². The van der Waals surface area contributed by atoms with Gasteiger partial charge in [0.25, 0.3) is 0 Å². The summed E-state index contributed by atoms with van der Waals surface area (Å²) in [7, 11) is 0. The Labute approximate surface area is 44.5 Å². The average molecular weight is 143 g/mol. The molecular weight excluding hydrogens is 140 g/mol. The Kier molecular flexibility index (Phi) is 25.5. The second kappa shape index (κ2) is 8.82. The molecule has 0 bridgehead atoms. The smallest absolute Gasteiger partial charge is 0.356 e. The summed E-state index contributed by atoms with van der Waals surface area (Å²) >= 11 is 0. The van der Waals surface area contributed by atoms with Gasteiger partial charge in [0.1, 0.15) is 0 Å². The molecule has 0 aliphatic heterocycles. The molecule has 0 saturated heterocycles. The summed E-state index contributed by atoms with van der Waals surface area (Å²) < 4.78 is 0. The van der Waals surface area contributed by atoms with Crippen LogP contribution in [0.1, 0.15) is 0 Å². The van der Waals surface area contributed by atoms with E-state index >= 15 is 0 Å². The van der Waals surface area contributed by atoms with Crippen molar-refractivity contribution in [3.63, 3.8) is 0 Å². The van der Waals surface area contributed by atoms with Crippen LogP contribution >= 0.6 is 0 Å². The zero-order valence-corrected chi connectivity index (χ0v) is 3.62. The molecule has 0 aliphatic carbocycles. The zero-order valence-electron chi connectivity index (χ0n) is 2.68. The molecule has 1 radical (unpaired) electrons. The Morgan fingerprint density at radius 1 is 1.33 bits per heavy atom. The van der Waals surface area contributed by atoms with E-state index in [-0.39, 0.29) is 23.2 Å². The maximum absolute atomic E-state index is 8.25. The molecule has 6 heavy (non-hydrogen) atoms. The molecular formula is H3CuN2O3+. The molecule has 0 spiro atoms. The SMILES string of the molecule is N.O=[N+]([O-])[O-].[Cu+2]. The van der Waals surface area contributed by atoms with Gasteiger partial charge in [-0.3, -0.25) is 0 Å². The quantitative estimate of drug-likeness (QED) is 0.290. The fourth-order valence-corrected chi connectivity index (χ4v) is 0. The predicted molar refractivity (Wildman–Crippen MR) is 15.4 cm³/mol. The van der Waals surface area contributed by atoms with Crippen molar-refractivity contribution in [2.75, 3.05) is 0 Å². The van der Waals surface area contributed by atoms with Gasteiger partial charge in [-0.25, -0.2) is 0 Å². The molecule has 0 aliphatic rings. The molecule has 6 heteroatoms. The molecule has 0 heterocycles. The van der Waals surface area contributed by atoms with Gasteiger partial charge in [-0.1, -0.05) is 0 Å². The summed E-state index contributed by atoms with van der Waals surface area (Å²) in [5.41, 5.74) is 0. The first kappa shape index (κ1) is 17.3. The molecule has 3 N–H and O–H groups in total. The van der Waals surface area contributed by atoms with E-state index in [1.54, 1.807) is 0 Å². The van der Waals surface area contributed by atoms with Gasteiger partial charge in [0.15, 0.2) is 0 Å². The van der Waals surface area contributed by atoms with E-state index in [4.69, 9.17) is 15.3 Å². The molecule has 0 atom stereocenters. The van der Waals surface area contributed by atoms with Crippen LogP contribution in [0, 0.1) is 15.3 Å². The van der Waals surface area contributed by atoms with Gasteiger partial charge in [-0.15, -0.1) is 0 Å². The van der Waals surface area contributed by atoms with Crippen LogP contribution in [0.3, 0.4) is 0 Å². The van der Waals surface area contributed by atoms with Crippen LogP contribution in [-0.4, -0.2) is 5.09 Å². The molecule has 0 aromatic heterocycles. The summed E-state index contributed by atoms with van der Waals surface area (Å²) in [6.07, 6.45) is 0. The van der Waals surface area contributed by atoms with Gasteiger partial charge in [0, 0.05) is 0 Å². The Morgan fingerprint density at radius 2 is 1.33 bits per heavy atom. The van der Waals surface area contributed by atoms with Crippen molar-refractivity contribution in [2.24, 2.45) is 0 Å². The molecule has 0 rings (SSSR count). The van der Waals surface area contributed by atoms with Crippen molar-refractivity contribution < 1.29 is 22.2 Å². The molecule has 0 amide bonds. The number of hydrogen-bond donors (Lipinski definition) is 1. The largest absolute Gasteiger partial charge is 2.00 e. The van der Waals surface area contributed by atoms with Crippen molar-refractivity contribution in [1.29, 1.82) is 0 Å². The number of nitrogens with zero attached hydrogens (tertiary/aromatic N) is 1. The Hall–Kier alpha value is -0.321. The minimum atomic E-state index is -1.75. The van der Waals surface area contributed by atoms with Crippen LogP contribution in [-0.2, 0) is 17.1 Å². The predicted octanol–water partition coefficient (Wildman–Crippen LogP) is -0.0796. The standard InChI is InChI=1S/Cu.NO3.H3N/c;2-1(3)4;/h;;1H3/q+2;-1;. The second-order valence-corrected chi connectivity index (χ2v) is 0.224. The van der Waals surface area contributed by atoms with Crippen LogP contribution in [0.4, 0.5) is 0 Å². The summed E-state index contributed by atoms with van der Waals surface area (Å²) in [4.78, 5) is 8.25. The van der Waals surface area contributed by atoms with E-state index in [9.17, 15) is 0 Å². The van der Waals surface area contributed by atoms with Crippen LogP contribution in [0.15, 0.2) is 0 Å². The van der Waals surface area contributed by atoms with E-state index in [2.05, 4.69) is 0 Å². The Morgan fingerprint density at radius 3 is 1.33 bits per heavy atom. The zero-order chi connectivity index (χ0) is 3.58. The summed E-state index contributed by atoms with van der Waals surface area (Å²) in [5, 5.41) is 14.8. The molecule has 0 fully saturated rings. The van der Waals surface area contributed by atoms with Crippen LogP contribution < -0.4 is 6.15 Å². The summed E-state index contributed by atoms with van der Waals surface area (Å²) in [6, 6.07) is 0. The van der Waals surface area contributed by atoms with Gasteiger partial charge in [-0.2, -0.15) is 0 Å². The topological polar surface area (TPSA) is 101 Å².